The zero-order valence-electron chi connectivity index (χ0n) is 11.4. The molecule has 7 heteroatoms. The van der Waals surface area contributed by atoms with Crippen LogP contribution < -0.4 is 5.73 Å². The zero-order chi connectivity index (χ0) is 14.4. The monoisotopic (exact) mass is 281 g/mol. The second kappa shape index (κ2) is 7.06. The van der Waals surface area contributed by atoms with Crippen LogP contribution in [0.2, 0.25) is 0 Å². The maximum absolute atomic E-state index is 11.7. The van der Waals surface area contributed by atoms with E-state index in [4.69, 9.17) is 15.2 Å². The minimum atomic E-state index is -3.57. The fraction of sp³-hybridized carbons (Fsp3) is 0.909. The van der Waals surface area contributed by atoms with Crippen LogP contribution in [-0.2, 0) is 24.1 Å². The third kappa shape index (κ3) is 8.43. The molecule has 18 heavy (non-hydrogen) atoms. The maximum atomic E-state index is 11.7. The number of nitrogens with two attached hydrogens (primary N) is 1. The van der Waals surface area contributed by atoms with Gasteiger partial charge in [-0.1, -0.05) is 0 Å². The highest BCUT2D eigenvalue weighted by Gasteiger charge is 2.25. The summed E-state index contributed by atoms with van der Waals surface area (Å²) in [6.45, 7) is 7.27. The molecule has 0 aliphatic carbocycles. The molecule has 0 aromatic carbocycles. The summed E-state index contributed by atoms with van der Waals surface area (Å²) in [6.07, 6.45) is -0.581. The Morgan fingerprint density at radius 2 is 1.89 bits per heavy atom. The maximum Gasteiger partial charge on any atom is 0.321 e. The summed E-state index contributed by atoms with van der Waals surface area (Å²) in [5, 5.41) is 0. The Kier molecular flexibility index (Phi) is 6.80. The molecule has 0 aromatic rings. The summed E-state index contributed by atoms with van der Waals surface area (Å²) >= 11 is 0. The van der Waals surface area contributed by atoms with Crippen molar-refractivity contribution in [3.05, 3.63) is 0 Å². The molecule has 1 atom stereocenters. The number of hydrogen-bond donors (Lipinski definition) is 1. The Bertz CT molecular complexity index is 358. The zero-order valence-corrected chi connectivity index (χ0v) is 12.2. The van der Waals surface area contributed by atoms with Crippen molar-refractivity contribution in [3.63, 3.8) is 0 Å². The van der Waals surface area contributed by atoms with Gasteiger partial charge in [-0.25, -0.2) is 8.42 Å². The molecule has 0 saturated heterocycles. The molecule has 0 heterocycles. The molecule has 1 unspecified atom stereocenters. The Morgan fingerprint density at radius 3 is 2.28 bits per heavy atom. The van der Waals surface area contributed by atoms with Crippen LogP contribution in [0.3, 0.4) is 0 Å². The highest BCUT2D eigenvalue weighted by atomic mass is 32.2. The van der Waals surface area contributed by atoms with Crippen LogP contribution in [0, 0.1) is 0 Å². The number of ether oxygens (including phenoxy) is 2. The van der Waals surface area contributed by atoms with Gasteiger partial charge in [0.15, 0.2) is 9.84 Å². The van der Waals surface area contributed by atoms with Crippen molar-refractivity contribution >= 4 is 15.8 Å². The average molecular weight is 281 g/mol. The Morgan fingerprint density at radius 1 is 1.33 bits per heavy atom. The van der Waals surface area contributed by atoms with Crippen molar-refractivity contribution in [2.75, 3.05) is 24.7 Å². The summed E-state index contributed by atoms with van der Waals surface area (Å²) < 4.78 is 33.6. The first-order valence-corrected chi connectivity index (χ1v) is 7.65. The van der Waals surface area contributed by atoms with Crippen LogP contribution in [0.15, 0.2) is 0 Å². The van der Waals surface area contributed by atoms with E-state index in [1.807, 2.05) is 0 Å². The van der Waals surface area contributed by atoms with Crippen LogP contribution in [0.5, 0.6) is 0 Å². The van der Waals surface area contributed by atoms with E-state index >= 15 is 0 Å². The molecule has 0 rings (SSSR count). The van der Waals surface area contributed by atoms with E-state index in [1.165, 1.54) is 0 Å². The van der Waals surface area contributed by atoms with Crippen LogP contribution in [-0.4, -0.2) is 50.7 Å². The fourth-order valence-electron chi connectivity index (χ4n) is 1.31. The van der Waals surface area contributed by atoms with Gasteiger partial charge in [0.25, 0.3) is 0 Å². The minimum Gasteiger partial charge on any atom is -0.459 e. The van der Waals surface area contributed by atoms with Gasteiger partial charge in [-0.2, -0.15) is 0 Å². The molecular weight excluding hydrogens is 258 g/mol. The Labute approximate surface area is 109 Å². The third-order valence-corrected chi connectivity index (χ3v) is 3.42. The van der Waals surface area contributed by atoms with Crippen LogP contribution in [0.25, 0.3) is 0 Å². The Hall–Kier alpha value is -0.660. The molecule has 108 valence electrons. The van der Waals surface area contributed by atoms with E-state index in [0.29, 0.717) is 6.61 Å². The standard InChI is InChI=1S/C11H23NO5S/c1-5-16-9(6-12)7-18(14,15)8-10(13)17-11(2,3)4/h9H,5-8,12H2,1-4H3. The first-order chi connectivity index (χ1) is 8.09. The van der Waals surface area contributed by atoms with Gasteiger partial charge in [0, 0.05) is 13.2 Å². The molecule has 0 saturated carbocycles. The van der Waals surface area contributed by atoms with Gasteiger partial charge in [0.1, 0.15) is 11.4 Å². The van der Waals surface area contributed by atoms with Crippen LogP contribution >= 0.6 is 0 Å². The molecule has 0 radical (unpaired) electrons. The van der Waals surface area contributed by atoms with Gasteiger partial charge in [0.2, 0.25) is 0 Å². The third-order valence-electron chi connectivity index (χ3n) is 1.86. The number of carbonyl (C=O) groups is 1. The second-order valence-corrected chi connectivity index (χ2v) is 7.06. The van der Waals surface area contributed by atoms with E-state index in [9.17, 15) is 13.2 Å². The molecule has 6 nitrogen and oxygen atoms in total. The molecule has 2 N–H and O–H groups in total. The van der Waals surface area contributed by atoms with Gasteiger partial charge in [-0.15, -0.1) is 0 Å². The lowest BCUT2D eigenvalue weighted by Crippen LogP contribution is -2.35. The van der Waals surface area contributed by atoms with Gasteiger partial charge < -0.3 is 15.2 Å². The molecule has 0 aliphatic heterocycles. The van der Waals surface area contributed by atoms with Gasteiger partial charge in [-0.3, -0.25) is 4.79 Å². The van der Waals surface area contributed by atoms with Gasteiger partial charge in [-0.05, 0) is 27.7 Å². The molecule has 0 aromatic heterocycles. The smallest absolute Gasteiger partial charge is 0.321 e. The highest BCUT2D eigenvalue weighted by Crippen LogP contribution is 2.08. The van der Waals surface area contributed by atoms with Gasteiger partial charge in [0.05, 0.1) is 11.9 Å². The second-order valence-electron chi connectivity index (χ2n) is 4.95. The minimum absolute atomic E-state index is 0.0986. The lowest BCUT2D eigenvalue weighted by atomic mass is 10.2. The lowest BCUT2D eigenvalue weighted by Gasteiger charge is -2.20. The molecular formula is C11H23NO5S. The van der Waals surface area contributed by atoms with Crippen molar-refractivity contribution in [1.29, 1.82) is 0 Å². The van der Waals surface area contributed by atoms with Crippen molar-refractivity contribution in [1.82, 2.24) is 0 Å². The molecule has 0 fully saturated rings. The fourth-order valence-corrected chi connectivity index (χ4v) is 2.65. The first-order valence-electron chi connectivity index (χ1n) is 5.83. The molecule has 0 aliphatic rings. The number of sulfone groups is 1. The van der Waals surface area contributed by atoms with E-state index < -0.39 is 33.3 Å². The summed E-state index contributed by atoms with van der Waals surface area (Å²) in [7, 11) is -3.57. The quantitative estimate of drug-likeness (QED) is 0.665. The summed E-state index contributed by atoms with van der Waals surface area (Å²) in [6, 6.07) is 0. The highest BCUT2D eigenvalue weighted by molar-refractivity contribution is 7.92. The van der Waals surface area contributed by atoms with Crippen LogP contribution in [0.1, 0.15) is 27.7 Å². The van der Waals surface area contributed by atoms with Crippen molar-refractivity contribution in [3.8, 4) is 0 Å². The van der Waals surface area contributed by atoms with Gasteiger partial charge >= 0.3 is 5.97 Å². The summed E-state index contributed by atoms with van der Waals surface area (Å²) in [4.78, 5) is 11.4. The van der Waals surface area contributed by atoms with Crippen LogP contribution in [0.4, 0.5) is 0 Å². The number of carbonyl (C=O) groups excluding carboxylic acids is 1. The topological polar surface area (TPSA) is 95.7 Å². The number of rotatable bonds is 7. The lowest BCUT2D eigenvalue weighted by molar-refractivity contribution is -0.151. The Balaban J connectivity index is 4.43. The SMILES string of the molecule is CCOC(CN)CS(=O)(=O)CC(=O)OC(C)(C)C. The summed E-state index contributed by atoms with van der Waals surface area (Å²) in [5.74, 6) is -1.67. The largest absolute Gasteiger partial charge is 0.459 e. The molecule has 0 bridgehead atoms. The normalized spacial score (nSPS) is 14.3. The number of hydrogen-bond acceptors (Lipinski definition) is 6. The van der Waals surface area contributed by atoms with Crippen molar-refractivity contribution < 1.29 is 22.7 Å². The predicted molar refractivity (Wildman–Crippen MR) is 69.0 cm³/mol. The molecule has 0 spiro atoms. The predicted octanol–water partition coefficient (Wildman–Crippen LogP) is 0.107. The van der Waals surface area contributed by atoms with E-state index in [2.05, 4.69) is 0 Å². The van der Waals surface area contributed by atoms with Crippen molar-refractivity contribution in [2.24, 2.45) is 5.73 Å². The van der Waals surface area contributed by atoms with Crippen molar-refractivity contribution in [2.45, 2.75) is 39.4 Å². The number of esters is 1. The first kappa shape index (κ1) is 17.3. The van der Waals surface area contributed by atoms with E-state index in [0.717, 1.165) is 0 Å². The average Bonchev–Trinajstić information content (AvgIpc) is 2.12. The summed E-state index contributed by atoms with van der Waals surface area (Å²) in [5.41, 5.74) is 4.70. The van der Waals surface area contributed by atoms with E-state index in [1.54, 1.807) is 27.7 Å². The van der Waals surface area contributed by atoms with E-state index in [-0.39, 0.29) is 12.3 Å². The molecule has 0 amide bonds.